The molecule has 1 saturated heterocycles. The summed E-state index contributed by atoms with van der Waals surface area (Å²) in [6.45, 7) is 3.75. The van der Waals surface area contributed by atoms with Gasteiger partial charge in [0, 0.05) is 32.2 Å². The van der Waals surface area contributed by atoms with Crippen LogP contribution < -0.4 is 5.32 Å². The predicted molar refractivity (Wildman–Crippen MR) is 79.8 cm³/mol. The maximum Gasteiger partial charge on any atom is 0.317 e. The summed E-state index contributed by atoms with van der Waals surface area (Å²) >= 11 is 5.64. The molecule has 2 unspecified atom stereocenters. The normalized spacial score (nSPS) is 19.3. The van der Waals surface area contributed by atoms with E-state index < -0.39 is 5.82 Å². The van der Waals surface area contributed by atoms with Crippen molar-refractivity contribution in [2.45, 2.75) is 25.9 Å². The zero-order valence-corrected chi connectivity index (χ0v) is 13.0. The molecule has 21 heavy (non-hydrogen) atoms. The molecule has 0 radical (unpaired) electrons. The Balaban J connectivity index is 1.88. The molecule has 2 atom stereocenters. The Morgan fingerprint density at radius 3 is 3.00 bits per heavy atom. The van der Waals surface area contributed by atoms with Crippen molar-refractivity contribution in [3.8, 4) is 0 Å². The van der Waals surface area contributed by atoms with Crippen LogP contribution >= 0.6 is 11.6 Å². The van der Waals surface area contributed by atoms with Gasteiger partial charge in [0.25, 0.3) is 0 Å². The number of benzene rings is 1. The number of nitrogens with one attached hydrogen (secondary N) is 1. The van der Waals surface area contributed by atoms with Crippen LogP contribution in [0.3, 0.4) is 0 Å². The van der Waals surface area contributed by atoms with Gasteiger partial charge in [-0.1, -0.05) is 17.7 Å². The Labute approximate surface area is 129 Å². The third kappa shape index (κ3) is 4.32. The van der Waals surface area contributed by atoms with Gasteiger partial charge in [0.2, 0.25) is 0 Å². The molecule has 0 bridgehead atoms. The first-order valence-corrected chi connectivity index (χ1v) is 7.38. The van der Waals surface area contributed by atoms with Crippen molar-refractivity contribution in [2.24, 2.45) is 5.92 Å². The fraction of sp³-hybridized carbons (Fsp3) is 0.533. The number of nitrogens with zero attached hydrogens (tertiary/aromatic N) is 1. The second-order valence-corrected chi connectivity index (χ2v) is 5.87. The number of carbonyl (C=O) groups is 1. The highest BCUT2D eigenvalue weighted by Gasteiger charge is 2.24. The summed E-state index contributed by atoms with van der Waals surface area (Å²) < 4.78 is 18.7. The molecule has 1 aromatic rings. The molecule has 1 heterocycles. The molecule has 4 nitrogen and oxygen atoms in total. The summed E-state index contributed by atoms with van der Waals surface area (Å²) in [5, 5.41) is 3.04. The SMILES string of the molecule is CC(NC(=O)N(C)Cc1ccc(Cl)c(F)c1)C1CCOC1. The average Bonchev–Trinajstić information content (AvgIpc) is 2.97. The Kier molecular flexibility index (Phi) is 5.42. The lowest BCUT2D eigenvalue weighted by Crippen LogP contribution is -2.44. The summed E-state index contributed by atoms with van der Waals surface area (Å²) in [5.74, 6) is -0.116. The first kappa shape index (κ1) is 16.0. The number of rotatable bonds is 4. The lowest BCUT2D eigenvalue weighted by atomic mass is 10.0. The van der Waals surface area contributed by atoms with Crippen molar-refractivity contribution >= 4 is 17.6 Å². The Bertz CT molecular complexity index is 506. The zero-order valence-electron chi connectivity index (χ0n) is 12.2. The largest absolute Gasteiger partial charge is 0.381 e. The van der Waals surface area contributed by atoms with Crippen LogP contribution in [0.5, 0.6) is 0 Å². The lowest BCUT2D eigenvalue weighted by Gasteiger charge is -2.24. The van der Waals surface area contributed by atoms with Gasteiger partial charge in [-0.25, -0.2) is 9.18 Å². The number of hydrogen-bond donors (Lipinski definition) is 1. The number of hydrogen-bond acceptors (Lipinski definition) is 2. The quantitative estimate of drug-likeness (QED) is 0.928. The average molecular weight is 315 g/mol. The van der Waals surface area contributed by atoms with Crippen molar-refractivity contribution in [1.29, 1.82) is 0 Å². The van der Waals surface area contributed by atoms with E-state index in [2.05, 4.69) is 5.32 Å². The number of ether oxygens (including phenoxy) is 1. The Morgan fingerprint density at radius 2 is 2.38 bits per heavy atom. The standard InChI is InChI=1S/C15H20ClFN2O2/c1-10(12-5-6-21-9-12)18-15(20)19(2)8-11-3-4-13(16)14(17)7-11/h3-4,7,10,12H,5-6,8-9H2,1-2H3,(H,18,20). The van der Waals surface area contributed by atoms with Crippen LogP contribution in [-0.4, -0.2) is 37.2 Å². The smallest absolute Gasteiger partial charge is 0.317 e. The molecule has 0 saturated carbocycles. The van der Waals surface area contributed by atoms with E-state index in [9.17, 15) is 9.18 Å². The first-order valence-electron chi connectivity index (χ1n) is 7.00. The molecular weight excluding hydrogens is 295 g/mol. The summed E-state index contributed by atoms with van der Waals surface area (Å²) in [5.41, 5.74) is 0.700. The number of amides is 2. The van der Waals surface area contributed by atoms with Crippen molar-refractivity contribution in [1.82, 2.24) is 10.2 Å². The predicted octanol–water partition coefficient (Wildman–Crippen LogP) is 3.05. The summed E-state index contributed by atoms with van der Waals surface area (Å²) in [7, 11) is 1.68. The summed E-state index contributed by atoms with van der Waals surface area (Å²) in [6, 6.07) is 4.44. The molecule has 0 spiro atoms. The van der Waals surface area contributed by atoms with Crippen LogP contribution in [-0.2, 0) is 11.3 Å². The topological polar surface area (TPSA) is 41.6 Å². The molecule has 1 aliphatic rings. The van der Waals surface area contributed by atoms with E-state index in [0.717, 1.165) is 13.0 Å². The van der Waals surface area contributed by atoms with Crippen molar-refractivity contribution in [2.75, 3.05) is 20.3 Å². The fourth-order valence-corrected chi connectivity index (χ4v) is 2.47. The lowest BCUT2D eigenvalue weighted by molar-refractivity contribution is 0.173. The summed E-state index contributed by atoms with van der Waals surface area (Å²) in [6.07, 6.45) is 0.966. The van der Waals surface area contributed by atoms with Gasteiger partial charge < -0.3 is 15.0 Å². The highest BCUT2D eigenvalue weighted by Crippen LogP contribution is 2.18. The highest BCUT2D eigenvalue weighted by molar-refractivity contribution is 6.30. The molecule has 0 aromatic heterocycles. The third-order valence-corrected chi connectivity index (χ3v) is 4.08. The maximum absolute atomic E-state index is 13.4. The minimum absolute atomic E-state index is 0.0596. The molecule has 1 fully saturated rings. The molecule has 6 heteroatoms. The molecule has 0 aliphatic carbocycles. The highest BCUT2D eigenvalue weighted by atomic mass is 35.5. The molecule has 2 amide bonds. The van der Waals surface area contributed by atoms with Gasteiger partial charge in [-0.05, 0) is 31.0 Å². The summed E-state index contributed by atoms with van der Waals surface area (Å²) in [4.78, 5) is 13.6. The van der Waals surface area contributed by atoms with E-state index in [4.69, 9.17) is 16.3 Å². The van der Waals surface area contributed by atoms with Crippen LogP contribution in [0.2, 0.25) is 5.02 Å². The monoisotopic (exact) mass is 314 g/mol. The van der Waals surface area contributed by atoms with E-state index in [-0.39, 0.29) is 17.1 Å². The third-order valence-electron chi connectivity index (χ3n) is 3.77. The molecular formula is C15H20ClFN2O2. The zero-order chi connectivity index (χ0) is 15.4. The van der Waals surface area contributed by atoms with Crippen LogP contribution in [0.4, 0.5) is 9.18 Å². The molecule has 1 aliphatic heterocycles. The van der Waals surface area contributed by atoms with Gasteiger partial charge in [0.05, 0.1) is 11.6 Å². The first-order chi connectivity index (χ1) is 9.97. The van der Waals surface area contributed by atoms with Gasteiger partial charge in [-0.15, -0.1) is 0 Å². The van der Waals surface area contributed by atoms with Crippen LogP contribution in [0, 0.1) is 11.7 Å². The number of halogens is 2. The minimum Gasteiger partial charge on any atom is -0.381 e. The Hall–Kier alpha value is -1.33. The van der Waals surface area contributed by atoms with Crippen LogP contribution in [0.15, 0.2) is 18.2 Å². The van der Waals surface area contributed by atoms with Gasteiger partial charge in [0.15, 0.2) is 0 Å². The van der Waals surface area contributed by atoms with Crippen molar-refractivity contribution in [3.63, 3.8) is 0 Å². The molecule has 1 aromatic carbocycles. The van der Waals surface area contributed by atoms with E-state index in [1.807, 2.05) is 6.92 Å². The van der Waals surface area contributed by atoms with Crippen molar-refractivity contribution in [3.05, 3.63) is 34.6 Å². The van der Waals surface area contributed by atoms with Crippen LogP contribution in [0.1, 0.15) is 18.9 Å². The van der Waals surface area contributed by atoms with Gasteiger partial charge in [-0.2, -0.15) is 0 Å². The van der Waals surface area contributed by atoms with E-state index >= 15 is 0 Å². The molecule has 116 valence electrons. The fourth-order valence-electron chi connectivity index (χ4n) is 2.35. The van der Waals surface area contributed by atoms with E-state index in [0.29, 0.717) is 24.6 Å². The maximum atomic E-state index is 13.4. The van der Waals surface area contributed by atoms with E-state index in [1.165, 1.54) is 17.0 Å². The number of urea groups is 1. The molecule has 2 rings (SSSR count). The Morgan fingerprint density at radius 1 is 1.62 bits per heavy atom. The number of carbonyl (C=O) groups excluding carboxylic acids is 1. The second kappa shape index (κ2) is 7.09. The van der Waals surface area contributed by atoms with Crippen molar-refractivity contribution < 1.29 is 13.9 Å². The second-order valence-electron chi connectivity index (χ2n) is 5.47. The minimum atomic E-state index is -0.473. The molecule has 1 N–H and O–H groups in total. The van der Waals surface area contributed by atoms with Gasteiger partial charge >= 0.3 is 6.03 Å². The van der Waals surface area contributed by atoms with E-state index in [1.54, 1.807) is 13.1 Å². The van der Waals surface area contributed by atoms with Crippen LogP contribution in [0.25, 0.3) is 0 Å². The van der Waals surface area contributed by atoms with Gasteiger partial charge in [-0.3, -0.25) is 0 Å². The van der Waals surface area contributed by atoms with Gasteiger partial charge in [0.1, 0.15) is 5.82 Å².